The third kappa shape index (κ3) is 12.5. The Hall–Kier alpha value is -4.55. The SMILES string of the molecule is CC/C(=C(\c1ccccc1)c1ccc(OCCN(C)C)cc1)c1ccccc1.NO.O=C(O)CC(O)(CC(=O)O)C(=O)O. The molecule has 0 amide bonds. The van der Waals surface area contributed by atoms with E-state index in [9.17, 15) is 14.4 Å². The Balaban J connectivity index is 0.000000521. The molecule has 0 radical (unpaired) electrons. The Labute approximate surface area is 251 Å². The molecule has 11 heteroatoms. The van der Waals surface area contributed by atoms with Crippen LogP contribution in [0.25, 0.3) is 11.1 Å². The fourth-order valence-electron chi connectivity index (χ4n) is 4.06. The summed E-state index contributed by atoms with van der Waals surface area (Å²) in [6.45, 7) is 3.83. The van der Waals surface area contributed by atoms with Crippen LogP contribution in [0.4, 0.5) is 0 Å². The smallest absolute Gasteiger partial charge is 0.336 e. The number of nitrogens with two attached hydrogens (primary N) is 1. The molecule has 3 aromatic rings. The highest BCUT2D eigenvalue weighted by Gasteiger charge is 2.40. The summed E-state index contributed by atoms with van der Waals surface area (Å²) in [4.78, 5) is 32.6. The molecule has 0 spiro atoms. The summed E-state index contributed by atoms with van der Waals surface area (Å²) in [6.07, 6.45) is -1.32. The van der Waals surface area contributed by atoms with Gasteiger partial charge in [-0.3, -0.25) is 9.59 Å². The lowest BCUT2D eigenvalue weighted by Gasteiger charge is -2.18. The summed E-state index contributed by atoms with van der Waals surface area (Å²) in [7, 11) is 4.11. The van der Waals surface area contributed by atoms with Crippen LogP contribution in [-0.4, -0.2) is 81.3 Å². The monoisotopic (exact) mass is 596 g/mol. The van der Waals surface area contributed by atoms with Gasteiger partial charge in [0.15, 0.2) is 5.60 Å². The summed E-state index contributed by atoms with van der Waals surface area (Å²) in [5.41, 5.74) is 3.63. The predicted molar refractivity (Wildman–Crippen MR) is 163 cm³/mol. The molecular weight excluding hydrogens is 556 g/mol. The molecule has 43 heavy (non-hydrogen) atoms. The molecule has 0 saturated carbocycles. The highest BCUT2D eigenvalue weighted by atomic mass is 16.5. The van der Waals surface area contributed by atoms with Gasteiger partial charge in [-0.15, -0.1) is 0 Å². The van der Waals surface area contributed by atoms with Gasteiger partial charge in [0.2, 0.25) is 0 Å². The maximum absolute atomic E-state index is 10.3. The molecule has 0 aliphatic carbocycles. The zero-order valence-corrected chi connectivity index (χ0v) is 24.5. The van der Waals surface area contributed by atoms with Crippen LogP contribution < -0.4 is 10.6 Å². The lowest BCUT2D eigenvalue weighted by Crippen LogP contribution is -2.42. The second kappa shape index (κ2) is 18.8. The molecule has 0 aromatic heterocycles. The molecule has 0 saturated heterocycles. The number of hydrogen-bond acceptors (Lipinski definition) is 8. The van der Waals surface area contributed by atoms with Crippen LogP contribution in [-0.2, 0) is 14.4 Å². The Morgan fingerprint density at radius 1 is 0.744 bits per heavy atom. The normalized spacial score (nSPS) is 11.2. The predicted octanol–water partition coefficient (Wildman–Crippen LogP) is 4.08. The van der Waals surface area contributed by atoms with E-state index in [2.05, 4.69) is 117 Å². The maximum Gasteiger partial charge on any atom is 0.336 e. The number of nitrogens with zero attached hydrogens (tertiary/aromatic N) is 1. The minimum atomic E-state index is -2.74. The van der Waals surface area contributed by atoms with Crippen molar-refractivity contribution in [3.05, 3.63) is 102 Å². The molecule has 0 bridgehead atoms. The van der Waals surface area contributed by atoms with E-state index in [0.717, 1.165) is 18.7 Å². The van der Waals surface area contributed by atoms with Crippen molar-refractivity contribution >= 4 is 29.1 Å². The van der Waals surface area contributed by atoms with Crippen LogP contribution >= 0.6 is 0 Å². The lowest BCUT2D eigenvalue weighted by atomic mass is 9.88. The number of carboxylic acid groups (broad SMARTS) is 3. The fraction of sp³-hybridized carbons (Fsp3) is 0.281. The van der Waals surface area contributed by atoms with Crippen molar-refractivity contribution in [2.24, 2.45) is 5.90 Å². The number of rotatable bonds is 13. The van der Waals surface area contributed by atoms with Crippen molar-refractivity contribution in [3.63, 3.8) is 0 Å². The largest absolute Gasteiger partial charge is 0.492 e. The van der Waals surface area contributed by atoms with Crippen LogP contribution in [0.5, 0.6) is 5.75 Å². The zero-order valence-electron chi connectivity index (χ0n) is 24.5. The molecule has 0 heterocycles. The Morgan fingerprint density at radius 3 is 1.58 bits per heavy atom. The van der Waals surface area contributed by atoms with E-state index in [1.54, 1.807) is 0 Å². The van der Waals surface area contributed by atoms with Crippen molar-refractivity contribution < 1.29 is 44.8 Å². The molecule has 0 atom stereocenters. The second-order valence-corrected chi connectivity index (χ2v) is 9.59. The van der Waals surface area contributed by atoms with Crippen molar-refractivity contribution in [2.75, 3.05) is 27.2 Å². The number of carboxylic acids is 3. The van der Waals surface area contributed by atoms with Crippen LogP contribution in [0.15, 0.2) is 84.9 Å². The lowest BCUT2D eigenvalue weighted by molar-refractivity contribution is -0.170. The average molecular weight is 597 g/mol. The number of likely N-dealkylation sites (N-methyl/N-ethyl adjacent to an activating group) is 1. The van der Waals surface area contributed by atoms with E-state index in [-0.39, 0.29) is 0 Å². The highest BCUT2D eigenvalue weighted by molar-refractivity contribution is 5.98. The zero-order chi connectivity index (χ0) is 32.4. The van der Waals surface area contributed by atoms with E-state index in [0.29, 0.717) is 6.61 Å². The van der Waals surface area contributed by atoms with Crippen LogP contribution in [0.1, 0.15) is 42.9 Å². The molecule has 232 valence electrons. The van der Waals surface area contributed by atoms with Crippen molar-refractivity contribution in [2.45, 2.75) is 31.8 Å². The van der Waals surface area contributed by atoms with Gasteiger partial charge in [-0.25, -0.2) is 10.7 Å². The van der Waals surface area contributed by atoms with Gasteiger partial charge >= 0.3 is 17.9 Å². The number of aliphatic carboxylic acids is 3. The first-order valence-corrected chi connectivity index (χ1v) is 13.3. The molecular formula is C32H40N2O9. The van der Waals surface area contributed by atoms with Gasteiger partial charge in [0.05, 0.1) is 12.8 Å². The number of benzene rings is 3. The van der Waals surface area contributed by atoms with Crippen molar-refractivity contribution in [1.82, 2.24) is 4.90 Å². The van der Waals surface area contributed by atoms with E-state index in [1.807, 2.05) is 0 Å². The summed E-state index contributed by atoms with van der Waals surface area (Å²) in [6, 6.07) is 29.8. The van der Waals surface area contributed by atoms with Gasteiger partial charge in [0, 0.05) is 6.54 Å². The van der Waals surface area contributed by atoms with Gasteiger partial charge in [-0.1, -0.05) is 79.7 Å². The second-order valence-electron chi connectivity index (χ2n) is 9.59. The van der Waals surface area contributed by atoms with Crippen LogP contribution in [0.3, 0.4) is 0 Å². The first-order chi connectivity index (χ1) is 20.5. The third-order valence-corrected chi connectivity index (χ3v) is 6.08. The molecule has 11 nitrogen and oxygen atoms in total. The topological polar surface area (TPSA) is 191 Å². The van der Waals surface area contributed by atoms with E-state index in [1.165, 1.54) is 27.8 Å². The summed E-state index contributed by atoms with van der Waals surface area (Å²) in [5, 5.41) is 40.3. The van der Waals surface area contributed by atoms with Gasteiger partial charge in [0.1, 0.15) is 12.4 Å². The highest BCUT2D eigenvalue weighted by Crippen LogP contribution is 2.34. The third-order valence-electron chi connectivity index (χ3n) is 6.08. The number of hydrogen-bond donors (Lipinski definition) is 6. The Morgan fingerprint density at radius 2 is 1.19 bits per heavy atom. The molecule has 0 aliphatic heterocycles. The first-order valence-electron chi connectivity index (χ1n) is 13.3. The average Bonchev–Trinajstić information content (AvgIpc) is 2.97. The molecule has 7 N–H and O–H groups in total. The van der Waals surface area contributed by atoms with E-state index in [4.69, 9.17) is 30.4 Å². The maximum atomic E-state index is 10.3. The van der Waals surface area contributed by atoms with Gasteiger partial charge in [-0.2, -0.15) is 0 Å². The fourth-order valence-corrected chi connectivity index (χ4v) is 4.06. The minimum absolute atomic E-state index is 0.692. The Bertz CT molecular complexity index is 1290. The molecule has 0 fully saturated rings. The number of allylic oxidation sites excluding steroid dienone is 1. The summed E-state index contributed by atoms with van der Waals surface area (Å²) in [5.74, 6) is -0.606. The molecule has 3 rings (SSSR count). The van der Waals surface area contributed by atoms with Gasteiger partial charge < -0.3 is 35.3 Å². The molecule has 0 aliphatic rings. The summed E-state index contributed by atoms with van der Waals surface area (Å²) < 4.78 is 5.87. The number of carbonyl (C=O) groups is 3. The number of aliphatic hydroxyl groups is 1. The van der Waals surface area contributed by atoms with Gasteiger partial charge in [-0.05, 0) is 60.5 Å². The van der Waals surface area contributed by atoms with Crippen LogP contribution in [0, 0.1) is 0 Å². The first kappa shape index (κ1) is 36.5. The minimum Gasteiger partial charge on any atom is -0.492 e. The van der Waals surface area contributed by atoms with Gasteiger partial charge in [0.25, 0.3) is 0 Å². The van der Waals surface area contributed by atoms with Crippen LogP contribution in [0.2, 0.25) is 0 Å². The van der Waals surface area contributed by atoms with Crippen molar-refractivity contribution in [1.29, 1.82) is 0 Å². The number of ether oxygens (including phenoxy) is 1. The molecule has 3 aromatic carbocycles. The molecule has 0 unspecified atom stereocenters. The standard InChI is InChI=1S/C26H29NO.C6H8O7.H3NO/c1-4-25(21-11-7-5-8-12-21)26(22-13-9-6-10-14-22)23-15-17-24(18-16-23)28-20-19-27(2)3;7-3(8)1-6(13,5(11)12)2-4(9)10;1-2/h5-18H,4,19-20H2,1-3H3;13H,1-2H2,(H,7,8)(H,9,10)(H,11,12);2H,1H2/b26-25-;;. The van der Waals surface area contributed by atoms with Crippen molar-refractivity contribution in [3.8, 4) is 5.75 Å². The Kier molecular flexibility index (Phi) is 15.9. The van der Waals surface area contributed by atoms with E-state index < -0.39 is 36.4 Å². The quantitative estimate of drug-likeness (QED) is 0.123. The summed E-state index contributed by atoms with van der Waals surface area (Å²) >= 11 is 0. The van der Waals surface area contributed by atoms with E-state index >= 15 is 0 Å².